The first-order valence-corrected chi connectivity index (χ1v) is 8.34. The Labute approximate surface area is 157 Å². The minimum absolute atomic E-state index is 0.219. The smallest absolute Gasteiger partial charge is 0.313 e. The topological polar surface area (TPSA) is 76.7 Å². The number of ether oxygens (including phenoxy) is 2. The van der Waals surface area contributed by atoms with E-state index in [0.29, 0.717) is 17.2 Å². The molecule has 0 unspecified atom stereocenters. The first-order chi connectivity index (χ1) is 12.8. The Morgan fingerprint density at radius 2 is 1.59 bits per heavy atom. The molecular formula is C20H23FN2O4. The number of rotatable bonds is 6. The number of anilines is 1. The molecule has 2 aromatic carbocycles. The highest BCUT2D eigenvalue weighted by Crippen LogP contribution is 2.29. The van der Waals surface area contributed by atoms with Crippen LogP contribution in [0.1, 0.15) is 19.4 Å². The lowest BCUT2D eigenvalue weighted by Gasteiger charge is -2.25. The summed E-state index contributed by atoms with van der Waals surface area (Å²) in [7, 11) is 2.99. The average molecular weight is 374 g/mol. The van der Waals surface area contributed by atoms with Gasteiger partial charge in [0.2, 0.25) is 0 Å². The molecular weight excluding hydrogens is 351 g/mol. The van der Waals surface area contributed by atoms with Crippen molar-refractivity contribution >= 4 is 17.5 Å². The molecule has 0 fully saturated rings. The lowest BCUT2D eigenvalue weighted by Crippen LogP contribution is -2.42. The molecule has 2 aromatic rings. The third kappa shape index (κ3) is 5.20. The van der Waals surface area contributed by atoms with Gasteiger partial charge in [-0.25, -0.2) is 4.39 Å². The van der Waals surface area contributed by atoms with Gasteiger partial charge in [-0.3, -0.25) is 9.59 Å². The summed E-state index contributed by atoms with van der Waals surface area (Å²) in [6.45, 7) is 4.01. The molecule has 27 heavy (non-hydrogen) atoms. The number of methoxy groups -OCH3 is 2. The van der Waals surface area contributed by atoms with Gasteiger partial charge in [0.15, 0.2) is 11.5 Å². The van der Waals surface area contributed by atoms with Gasteiger partial charge < -0.3 is 20.1 Å². The fourth-order valence-corrected chi connectivity index (χ4v) is 2.49. The van der Waals surface area contributed by atoms with E-state index >= 15 is 0 Å². The van der Waals surface area contributed by atoms with E-state index in [9.17, 15) is 14.0 Å². The van der Waals surface area contributed by atoms with Crippen LogP contribution in [-0.4, -0.2) is 32.6 Å². The molecule has 0 aliphatic heterocycles. The monoisotopic (exact) mass is 374 g/mol. The molecule has 0 aliphatic rings. The van der Waals surface area contributed by atoms with Crippen LogP contribution in [0.25, 0.3) is 0 Å². The molecule has 144 valence electrons. The third-order valence-corrected chi connectivity index (χ3v) is 4.16. The summed E-state index contributed by atoms with van der Waals surface area (Å²) in [5.41, 5.74) is 0.794. The predicted octanol–water partition coefficient (Wildman–Crippen LogP) is 2.88. The maximum absolute atomic E-state index is 13.1. The minimum Gasteiger partial charge on any atom is -0.493 e. The molecule has 0 atom stereocenters. The van der Waals surface area contributed by atoms with Crippen LogP contribution in [0, 0.1) is 5.82 Å². The second-order valence-corrected chi connectivity index (χ2v) is 6.60. The molecule has 0 radical (unpaired) electrons. The molecule has 0 saturated heterocycles. The van der Waals surface area contributed by atoms with Crippen molar-refractivity contribution in [3.63, 3.8) is 0 Å². The van der Waals surface area contributed by atoms with Crippen LogP contribution in [0.4, 0.5) is 10.1 Å². The van der Waals surface area contributed by atoms with Crippen LogP contribution < -0.4 is 20.1 Å². The molecule has 0 bridgehead atoms. The van der Waals surface area contributed by atoms with Crippen molar-refractivity contribution in [1.29, 1.82) is 0 Å². The van der Waals surface area contributed by atoms with E-state index in [2.05, 4.69) is 10.6 Å². The van der Waals surface area contributed by atoms with Crippen LogP contribution in [0.2, 0.25) is 0 Å². The molecule has 0 aromatic heterocycles. The molecule has 6 nitrogen and oxygen atoms in total. The number of benzene rings is 2. The Hall–Kier alpha value is -3.09. The molecule has 2 N–H and O–H groups in total. The second-order valence-electron chi connectivity index (χ2n) is 6.60. The Morgan fingerprint density at radius 1 is 0.963 bits per heavy atom. The number of amides is 2. The highest BCUT2D eigenvalue weighted by molar-refractivity contribution is 6.39. The molecule has 0 spiro atoms. The fourth-order valence-electron chi connectivity index (χ4n) is 2.49. The Kier molecular flexibility index (Phi) is 6.39. The van der Waals surface area contributed by atoms with Crippen molar-refractivity contribution in [3.8, 4) is 11.5 Å². The number of halogens is 1. The first kappa shape index (κ1) is 20.2. The Morgan fingerprint density at radius 3 is 2.19 bits per heavy atom. The first-order valence-electron chi connectivity index (χ1n) is 8.34. The summed E-state index contributed by atoms with van der Waals surface area (Å²) in [6, 6.07) is 10.8. The van der Waals surface area contributed by atoms with E-state index in [0.717, 1.165) is 5.56 Å². The van der Waals surface area contributed by atoms with E-state index in [-0.39, 0.29) is 12.4 Å². The zero-order valence-electron chi connectivity index (χ0n) is 15.8. The van der Waals surface area contributed by atoms with Gasteiger partial charge in [-0.05, 0) is 29.8 Å². The van der Waals surface area contributed by atoms with Crippen LogP contribution >= 0.6 is 0 Å². The van der Waals surface area contributed by atoms with Crippen LogP contribution in [0.3, 0.4) is 0 Å². The van der Waals surface area contributed by atoms with E-state index in [1.807, 2.05) is 13.8 Å². The lowest BCUT2D eigenvalue weighted by molar-refractivity contribution is -0.136. The van der Waals surface area contributed by atoms with Crippen LogP contribution in [0.15, 0.2) is 42.5 Å². The highest BCUT2D eigenvalue weighted by Gasteiger charge is 2.23. The van der Waals surface area contributed by atoms with Gasteiger partial charge >= 0.3 is 11.8 Å². The van der Waals surface area contributed by atoms with Gasteiger partial charge in [0, 0.05) is 23.7 Å². The Bertz CT molecular complexity index is 819. The summed E-state index contributed by atoms with van der Waals surface area (Å²) < 4.78 is 23.4. The van der Waals surface area contributed by atoms with Crippen molar-refractivity contribution in [1.82, 2.24) is 5.32 Å². The summed E-state index contributed by atoms with van der Waals surface area (Å²) in [4.78, 5) is 24.2. The number of hydrogen-bond acceptors (Lipinski definition) is 4. The van der Waals surface area contributed by atoms with E-state index < -0.39 is 17.2 Å². The zero-order valence-corrected chi connectivity index (χ0v) is 15.8. The van der Waals surface area contributed by atoms with Gasteiger partial charge in [-0.15, -0.1) is 0 Å². The van der Waals surface area contributed by atoms with Crippen molar-refractivity contribution in [2.75, 3.05) is 26.1 Å². The lowest BCUT2D eigenvalue weighted by atomic mass is 9.84. The van der Waals surface area contributed by atoms with Gasteiger partial charge in [0.05, 0.1) is 14.2 Å². The number of carbonyl (C=O) groups excluding carboxylic acids is 2. The third-order valence-electron chi connectivity index (χ3n) is 4.16. The highest BCUT2D eigenvalue weighted by atomic mass is 19.1. The van der Waals surface area contributed by atoms with Crippen molar-refractivity contribution in [2.45, 2.75) is 19.3 Å². The minimum atomic E-state index is -0.794. The van der Waals surface area contributed by atoms with E-state index in [1.165, 1.54) is 26.4 Å². The SMILES string of the molecule is COc1ccc(NC(=O)C(=O)NCC(C)(C)c2ccc(F)cc2)cc1OC. The van der Waals surface area contributed by atoms with Crippen LogP contribution in [-0.2, 0) is 15.0 Å². The van der Waals surface area contributed by atoms with Gasteiger partial charge in [-0.2, -0.15) is 0 Å². The van der Waals surface area contributed by atoms with Crippen LogP contribution in [0.5, 0.6) is 11.5 Å². The summed E-state index contributed by atoms with van der Waals surface area (Å²) in [5.74, 6) is -0.931. The molecule has 0 heterocycles. The maximum atomic E-state index is 13.1. The summed E-state index contributed by atoms with van der Waals surface area (Å²) in [5, 5.41) is 5.12. The van der Waals surface area contributed by atoms with E-state index in [1.54, 1.807) is 30.3 Å². The van der Waals surface area contributed by atoms with E-state index in [4.69, 9.17) is 9.47 Å². The number of carbonyl (C=O) groups is 2. The normalized spacial score (nSPS) is 10.9. The molecule has 7 heteroatoms. The summed E-state index contributed by atoms with van der Waals surface area (Å²) >= 11 is 0. The zero-order chi connectivity index (χ0) is 20.0. The van der Waals surface area contributed by atoms with Gasteiger partial charge in [0.25, 0.3) is 0 Å². The maximum Gasteiger partial charge on any atom is 0.313 e. The Balaban J connectivity index is 1.97. The van der Waals surface area contributed by atoms with Crippen molar-refractivity contribution in [2.24, 2.45) is 0 Å². The van der Waals surface area contributed by atoms with Gasteiger partial charge in [-0.1, -0.05) is 26.0 Å². The predicted molar refractivity (Wildman–Crippen MR) is 101 cm³/mol. The van der Waals surface area contributed by atoms with Gasteiger partial charge in [0.1, 0.15) is 5.82 Å². The molecule has 2 amide bonds. The molecule has 2 rings (SSSR count). The quantitative estimate of drug-likeness (QED) is 0.763. The largest absolute Gasteiger partial charge is 0.493 e. The summed E-state index contributed by atoms with van der Waals surface area (Å²) in [6.07, 6.45) is 0. The standard InChI is InChI=1S/C20H23FN2O4/c1-20(2,13-5-7-14(21)8-6-13)12-22-18(24)19(25)23-15-9-10-16(26-3)17(11-15)27-4/h5-11H,12H2,1-4H3,(H,22,24)(H,23,25). The fraction of sp³-hybridized carbons (Fsp3) is 0.300. The second kappa shape index (κ2) is 8.53. The van der Waals surface area contributed by atoms with Crippen molar-refractivity contribution in [3.05, 3.63) is 53.8 Å². The molecule has 0 aliphatic carbocycles. The number of nitrogens with one attached hydrogen (secondary N) is 2. The number of hydrogen-bond donors (Lipinski definition) is 2. The molecule has 0 saturated carbocycles. The van der Waals surface area contributed by atoms with Crippen molar-refractivity contribution < 1.29 is 23.5 Å². The average Bonchev–Trinajstić information content (AvgIpc) is 2.66.